The maximum atomic E-state index is 13.3. The quantitative estimate of drug-likeness (QED) is 0.360. The van der Waals surface area contributed by atoms with Gasteiger partial charge in [0, 0.05) is 0 Å². The summed E-state index contributed by atoms with van der Waals surface area (Å²) in [5, 5.41) is 7.95. The molecule has 2 N–H and O–H groups in total. The first-order valence-electron chi connectivity index (χ1n) is 8.96. The Hall–Kier alpha value is -2.41. The summed E-state index contributed by atoms with van der Waals surface area (Å²) in [6.45, 7) is 2.78. The molecule has 0 fully saturated rings. The number of rotatable bonds is 6. The Morgan fingerprint density at radius 2 is 2.29 bits per heavy atom. The van der Waals surface area contributed by atoms with Gasteiger partial charge in [-0.1, -0.05) is 0 Å². The number of halogens is 1. The number of alkyl halides is 3. The molecule has 2 amide bonds. The summed E-state index contributed by atoms with van der Waals surface area (Å²) in [6.07, 6.45) is 7.85. The van der Waals surface area contributed by atoms with E-state index in [4.69, 9.17) is 5.26 Å². The number of H-pyrrole nitrogens is 1. The van der Waals surface area contributed by atoms with Crippen LogP contribution in [0.25, 0.3) is 17.1 Å². The van der Waals surface area contributed by atoms with Crippen LogP contribution in [-0.2, 0) is 11.3 Å². The molecule has 1 aliphatic heterocycles. The molecule has 0 aliphatic carbocycles. The average Bonchev–Trinajstić information content (AvgIpc) is 3.10. The zero-order valence-corrected chi connectivity index (χ0v) is 18.7. The van der Waals surface area contributed by atoms with Crippen molar-refractivity contribution in [1.82, 2.24) is 19.8 Å². The Morgan fingerprint density at radius 3 is 2.93 bits per heavy atom. The van der Waals surface area contributed by atoms with E-state index in [1.165, 1.54) is 0 Å². The zero-order chi connectivity index (χ0) is 20.4. The van der Waals surface area contributed by atoms with Gasteiger partial charge >= 0.3 is 172 Å². The van der Waals surface area contributed by atoms with E-state index in [9.17, 15) is 9.59 Å². The molecule has 0 bridgehead atoms. The minimum absolute atomic E-state index is 0.0457. The topological polar surface area (TPSA) is 93.1 Å². The molecular formula is C20H25IN5O2+. The van der Waals surface area contributed by atoms with Gasteiger partial charge in [-0.3, -0.25) is 0 Å². The molecule has 0 spiro atoms. The van der Waals surface area contributed by atoms with Crippen molar-refractivity contribution in [2.24, 2.45) is 0 Å². The molecule has 1 atom stereocenters. The van der Waals surface area contributed by atoms with Crippen molar-refractivity contribution >= 4 is 48.7 Å². The minimum atomic E-state index is -1.74. The van der Waals surface area contributed by atoms with Gasteiger partial charge < -0.3 is 0 Å². The number of hydrogen-bond acceptors (Lipinski definition) is 3. The van der Waals surface area contributed by atoms with Crippen LogP contribution in [0.2, 0.25) is 0 Å². The van der Waals surface area contributed by atoms with Crippen molar-refractivity contribution in [3.8, 4) is 6.07 Å². The molecule has 1 aliphatic rings. The molecular weight excluding hydrogens is 469 g/mol. The van der Waals surface area contributed by atoms with Crippen molar-refractivity contribution in [3.63, 3.8) is 0 Å². The van der Waals surface area contributed by atoms with Crippen molar-refractivity contribution in [2.45, 2.75) is 23.9 Å². The third kappa shape index (κ3) is 3.51. The molecule has 2 aromatic rings. The number of aromatic amines is 1. The second-order valence-corrected chi connectivity index (χ2v) is 12.7. The van der Waals surface area contributed by atoms with Crippen LogP contribution in [0, 0.1) is 6.07 Å². The van der Waals surface area contributed by atoms with E-state index >= 15 is 0 Å². The van der Waals surface area contributed by atoms with Crippen molar-refractivity contribution in [1.29, 1.82) is 0 Å². The number of carbonyl (C=O) groups is 2. The second-order valence-electron chi connectivity index (χ2n) is 6.89. The Kier molecular flexibility index (Phi) is 6.03. The van der Waals surface area contributed by atoms with Gasteiger partial charge in [0.2, 0.25) is 0 Å². The van der Waals surface area contributed by atoms with Gasteiger partial charge in [-0.15, -0.1) is 0 Å². The standard InChI is InChI=1S/C20H24IN5O2/c1-5-7-13-10-23-18-16-14(11-24-18)19(27)26(12-15(13)16)17(21(2)3)20(28)25(4)9-6-8-22/h5,7,10-11,17H,6,9,12H2,1-4H3,(H,23,24)/p+1/b7-5+/t17-/m0/s1. The normalized spacial score (nSPS) is 15.0. The molecule has 0 aromatic carbocycles. The maximum absolute atomic E-state index is 13.3. The van der Waals surface area contributed by atoms with E-state index < -0.39 is 23.9 Å². The Bertz CT molecular complexity index is 988. The van der Waals surface area contributed by atoms with Crippen molar-refractivity contribution in [2.75, 3.05) is 23.5 Å². The molecule has 2 aromatic heterocycles. The predicted molar refractivity (Wildman–Crippen MR) is 117 cm³/mol. The number of aromatic nitrogens is 2. The van der Waals surface area contributed by atoms with Gasteiger partial charge in [-0.25, -0.2) is 0 Å². The Labute approximate surface area is 171 Å². The number of nitrogens with one attached hydrogen (secondary N) is 2. The molecule has 7 nitrogen and oxygen atoms in total. The molecule has 0 unspecified atom stereocenters. The third-order valence-electron chi connectivity index (χ3n) is 4.85. The Balaban J connectivity index is 2.04. The van der Waals surface area contributed by atoms with Gasteiger partial charge in [0.25, 0.3) is 0 Å². The summed E-state index contributed by atoms with van der Waals surface area (Å²) >= 11 is -1.74. The first-order chi connectivity index (χ1) is 13.4. The summed E-state index contributed by atoms with van der Waals surface area (Å²) in [5.41, 5.74) is 3.29. The second kappa shape index (κ2) is 8.31. The molecule has 28 heavy (non-hydrogen) atoms. The molecule has 8 heteroatoms. The number of likely N-dealkylation sites (N-methyl/N-ethyl adjacent to an activating group) is 1. The SMILES string of the molecule is C/C=C/c1cnc2[nH]cc3c2c1CN([C@@H](C(=O)N(C)CCC#[NH+])I(C)C)C3=O. The monoisotopic (exact) mass is 494 g/mol. The third-order valence-corrected chi connectivity index (χ3v) is 8.41. The average molecular weight is 494 g/mol. The fourth-order valence-corrected chi connectivity index (χ4v) is 6.83. The van der Waals surface area contributed by atoms with E-state index in [2.05, 4.69) is 25.9 Å². The van der Waals surface area contributed by atoms with Gasteiger partial charge in [-0.05, 0) is 0 Å². The predicted octanol–water partition coefficient (Wildman–Crippen LogP) is 1.27. The summed E-state index contributed by atoms with van der Waals surface area (Å²) in [4.78, 5) is 41.6. The molecule has 148 valence electrons. The van der Waals surface area contributed by atoms with Crippen molar-refractivity contribution in [3.05, 3.63) is 35.2 Å². The first-order valence-corrected chi connectivity index (χ1v) is 14.5. The molecule has 0 radical (unpaired) electrons. The van der Waals surface area contributed by atoms with Crippen LogP contribution in [-0.4, -0.2) is 59.1 Å². The van der Waals surface area contributed by atoms with E-state index in [0.717, 1.165) is 16.5 Å². The van der Waals surface area contributed by atoms with Crippen LogP contribution in [0.1, 0.15) is 34.8 Å². The van der Waals surface area contributed by atoms with Gasteiger partial charge in [0.05, 0.1) is 0 Å². The first kappa shape index (κ1) is 20.3. The number of amides is 2. The Morgan fingerprint density at radius 1 is 1.54 bits per heavy atom. The summed E-state index contributed by atoms with van der Waals surface area (Å²) < 4.78 is -0.419. The molecule has 3 heterocycles. The number of nitrogens with zero attached hydrogens (tertiary/aromatic N) is 3. The van der Waals surface area contributed by atoms with Crippen LogP contribution < -0.4 is 5.26 Å². The molecule has 0 saturated carbocycles. The number of carbonyl (C=O) groups excluding carboxylic acids is 2. The van der Waals surface area contributed by atoms with Crippen molar-refractivity contribution < 1.29 is 14.9 Å². The number of pyridine rings is 1. The van der Waals surface area contributed by atoms with E-state index in [-0.39, 0.29) is 11.8 Å². The van der Waals surface area contributed by atoms with Crippen LogP contribution >= 0.6 is 19.8 Å². The fourth-order valence-electron chi connectivity index (χ4n) is 3.49. The molecule has 0 saturated heterocycles. The number of hydrogen-bond donors (Lipinski definition) is 2. The van der Waals surface area contributed by atoms with Crippen LogP contribution in [0.5, 0.6) is 0 Å². The van der Waals surface area contributed by atoms with Crippen LogP contribution in [0.15, 0.2) is 18.5 Å². The summed E-state index contributed by atoms with van der Waals surface area (Å²) in [5.74, 6) is -0.162. The molecule has 3 rings (SSSR count). The van der Waals surface area contributed by atoms with E-state index in [1.54, 1.807) is 23.0 Å². The van der Waals surface area contributed by atoms with E-state index in [0.29, 0.717) is 30.7 Å². The summed E-state index contributed by atoms with van der Waals surface area (Å²) in [7, 11) is 1.73. The van der Waals surface area contributed by atoms with E-state index in [1.807, 2.05) is 25.3 Å². The summed E-state index contributed by atoms with van der Waals surface area (Å²) in [6, 6.07) is 2.32. The van der Waals surface area contributed by atoms with Gasteiger partial charge in [0.1, 0.15) is 0 Å². The number of allylic oxidation sites excluding steroid dienone is 1. The van der Waals surface area contributed by atoms with Crippen LogP contribution in [0.3, 0.4) is 0 Å². The zero-order valence-electron chi connectivity index (χ0n) is 16.5. The van der Waals surface area contributed by atoms with Crippen LogP contribution in [0.4, 0.5) is 0 Å². The van der Waals surface area contributed by atoms with Gasteiger partial charge in [0.15, 0.2) is 0 Å². The van der Waals surface area contributed by atoms with Gasteiger partial charge in [-0.2, -0.15) is 0 Å². The fraction of sp³-hybridized carbons (Fsp3) is 0.400.